The Morgan fingerprint density at radius 2 is 1.68 bits per heavy atom. The van der Waals surface area contributed by atoms with E-state index in [4.69, 9.17) is 16.0 Å². The molecule has 0 saturated carbocycles. The zero-order chi connectivity index (χ0) is 17.2. The lowest BCUT2D eigenvalue weighted by molar-refractivity contribution is 0.102. The number of nitrogens with zero attached hydrogens (tertiary/aromatic N) is 2. The third-order valence-electron chi connectivity index (χ3n) is 3.77. The second-order valence-electron chi connectivity index (χ2n) is 5.40. The van der Waals surface area contributed by atoms with E-state index in [1.165, 1.54) is 0 Å². The number of carbonyl (C=O) groups excluding carboxylic acids is 1. The van der Waals surface area contributed by atoms with Crippen molar-refractivity contribution in [1.82, 2.24) is 10.2 Å². The first-order valence-electron chi connectivity index (χ1n) is 7.59. The molecule has 0 saturated heterocycles. The Morgan fingerprint density at radius 1 is 0.920 bits per heavy atom. The van der Waals surface area contributed by atoms with E-state index in [2.05, 4.69) is 15.5 Å². The number of hydrogen-bond acceptors (Lipinski definition) is 4. The number of aromatic nitrogens is 2. The number of rotatable bonds is 3. The van der Waals surface area contributed by atoms with E-state index in [1.54, 1.807) is 30.3 Å². The van der Waals surface area contributed by atoms with E-state index < -0.39 is 0 Å². The minimum absolute atomic E-state index is 0.0443. The predicted molar refractivity (Wildman–Crippen MR) is 96.6 cm³/mol. The van der Waals surface area contributed by atoms with Crippen LogP contribution in [0.2, 0.25) is 5.02 Å². The van der Waals surface area contributed by atoms with Crippen LogP contribution in [0.3, 0.4) is 0 Å². The van der Waals surface area contributed by atoms with Crippen LogP contribution in [0.25, 0.3) is 22.2 Å². The third kappa shape index (κ3) is 3.09. The van der Waals surface area contributed by atoms with Crippen molar-refractivity contribution in [3.8, 4) is 11.5 Å². The van der Waals surface area contributed by atoms with Gasteiger partial charge in [-0.05, 0) is 41.1 Å². The molecule has 0 fully saturated rings. The number of nitrogens with one attached hydrogen (secondary N) is 1. The maximum atomic E-state index is 12.6. The molecule has 6 heteroatoms. The molecule has 1 aromatic heterocycles. The van der Waals surface area contributed by atoms with E-state index in [-0.39, 0.29) is 11.9 Å². The number of fused-ring (bicyclic) bond motifs is 1. The lowest BCUT2D eigenvalue weighted by Gasteiger charge is -2.05. The van der Waals surface area contributed by atoms with Crippen LogP contribution in [0.1, 0.15) is 10.4 Å². The van der Waals surface area contributed by atoms with Gasteiger partial charge in [-0.1, -0.05) is 53.1 Å². The highest BCUT2D eigenvalue weighted by molar-refractivity contribution is 6.30. The molecule has 122 valence electrons. The molecule has 0 aliphatic rings. The highest BCUT2D eigenvalue weighted by atomic mass is 35.5. The van der Waals surface area contributed by atoms with Crippen LogP contribution in [-0.2, 0) is 0 Å². The third-order valence-corrected chi connectivity index (χ3v) is 4.02. The SMILES string of the molecule is O=C(Nc1nnc(-c2ccc(Cl)cc2)o1)c1cccc2ccccc12. The molecular weight excluding hydrogens is 338 g/mol. The summed E-state index contributed by atoms with van der Waals surface area (Å²) < 4.78 is 5.52. The first kappa shape index (κ1) is 15.4. The molecule has 1 N–H and O–H groups in total. The Morgan fingerprint density at radius 3 is 2.52 bits per heavy atom. The molecule has 0 radical (unpaired) electrons. The van der Waals surface area contributed by atoms with Gasteiger partial charge in [-0.25, -0.2) is 0 Å². The number of hydrogen-bond donors (Lipinski definition) is 1. The molecule has 0 aliphatic carbocycles. The number of carbonyl (C=O) groups is 1. The zero-order valence-corrected chi connectivity index (χ0v) is 13.7. The summed E-state index contributed by atoms with van der Waals surface area (Å²) in [5, 5.41) is 12.9. The largest absolute Gasteiger partial charge is 0.403 e. The van der Waals surface area contributed by atoms with Gasteiger partial charge >= 0.3 is 6.01 Å². The minimum atomic E-state index is -0.303. The summed E-state index contributed by atoms with van der Waals surface area (Å²) in [6.07, 6.45) is 0. The average Bonchev–Trinajstić information content (AvgIpc) is 3.10. The van der Waals surface area contributed by atoms with Crippen LogP contribution < -0.4 is 5.32 Å². The standard InChI is InChI=1S/C19H12ClN3O2/c20-14-10-8-13(9-11-14)18-22-23-19(25-18)21-17(24)16-7-3-5-12-4-1-2-6-15(12)16/h1-11H,(H,21,23,24). The van der Waals surface area contributed by atoms with Crippen molar-refractivity contribution >= 4 is 34.3 Å². The first-order valence-corrected chi connectivity index (χ1v) is 7.97. The van der Waals surface area contributed by atoms with Crippen molar-refractivity contribution in [2.24, 2.45) is 0 Å². The molecule has 5 nitrogen and oxygen atoms in total. The first-order chi connectivity index (χ1) is 12.2. The van der Waals surface area contributed by atoms with Crippen LogP contribution in [0.15, 0.2) is 71.1 Å². The van der Waals surface area contributed by atoms with E-state index in [0.29, 0.717) is 16.5 Å². The Kier molecular flexibility index (Phi) is 3.91. The number of halogens is 1. The minimum Gasteiger partial charge on any atom is -0.403 e. The molecule has 4 rings (SSSR count). The molecule has 3 aromatic carbocycles. The average molecular weight is 350 g/mol. The van der Waals surface area contributed by atoms with E-state index in [1.807, 2.05) is 36.4 Å². The van der Waals surface area contributed by atoms with Crippen molar-refractivity contribution in [3.63, 3.8) is 0 Å². The Labute approximate surface area is 148 Å². The summed E-state index contributed by atoms with van der Waals surface area (Å²) in [6, 6.07) is 20.3. The van der Waals surface area contributed by atoms with Gasteiger partial charge in [0.05, 0.1) is 0 Å². The molecule has 1 heterocycles. The lowest BCUT2D eigenvalue weighted by atomic mass is 10.0. The van der Waals surface area contributed by atoms with Gasteiger partial charge in [-0.2, -0.15) is 0 Å². The molecule has 1 amide bonds. The summed E-state index contributed by atoms with van der Waals surface area (Å²) >= 11 is 5.87. The van der Waals surface area contributed by atoms with Gasteiger partial charge in [0.1, 0.15) is 0 Å². The summed E-state index contributed by atoms with van der Waals surface area (Å²) in [6.45, 7) is 0. The lowest BCUT2D eigenvalue weighted by Crippen LogP contribution is -2.12. The Balaban J connectivity index is 1.60. The van der Waals surface area contributed by atoms with Gasteiger partial charge < -0.3 is 4.42 Å². The molecule has 0 spiro atoms. The molecule has 4 aromatic rings. The van der Waals surface area contributed by atoms with Crippen LogP contribution in [-0.4, -0.2) is 16.1 Å². The number of amides is 1. The van der Waals surface area contributed by atoms with Crippen LogP contribution in [0.4, 0.5) is 6.01 Å². The highest BCUT2D eigenvalue weighted by Gasteiger charge is 2.14. The van der Waals surface area contributed by atoms with Gasteiger partial charge in [-0.3, -0.25) is 10.1 Å². The van der Waals surface area contributed by atoms with Gasteiger partial charge in [0, 0.05) is 16.1 Å². The van der Waals surface area contributed by atoms with E-state index in [0.717, 1.165) is 16.3 Å². The fraction of sp³-hybridized carbons (Fsp3) is 0. The van der Waals surface area contributed by atoms with E-state index >= 15 is 0 Å². The number of benzene rings is 3. The molecule has 0 aliphatic heterocycles. The topological polar surface area (TPSA) is 68.0 Å². The highest BCUT2D eigenvalue weighted by Crippen LogP contribution is 2.23. The van der Waals surface area contributed by atoms with Gasteiger partial charge in [-0.15, -0.1) is 5.10 Å². The molecule has 0 bridgehead atoms. The molecule has 25 heavy (non-hydrogen) atoms. The van der Waals surface area contributed by atoms with Crippen molar-refractivity contribution in [3.05, 3.63) is 77.3 Å². The fourth-order valence-corrected chi connectivity index (χ4v) is 2.70. The fourth-order valence-electron chi connectivity index (χ4n) is 2.57. The summed E-state index contributed by atoms with van der Waals surface area (Å²) in [7, 11) is 0. The summed E-state index contributed by atoms with van der Waals surface area (Å²) in [5.74, 6) is 0.00740. The molecular formula is C19H12ClN3O2. The van der Waals surface area contributed by atoms with E-state index in [9.17, 15) is 4.79 Å². The molecule has 0 atom stereocenters. The monoisotopic (exact) mass is 349 g/mol. The van der Waals surface area contributed by atoms with Crippen molar-refractivity contribution in [2.45, 2.75) is 0 Å². The maximum absolute atomic E-state index is 12.6. The zero-order valence-electron chi connectivity index (χ0n) is 12.9. The Hall–Kier alpha value is -3.18. The van der Waals surface area contributed by atoms with Crippen molar-refractivity contribution < 1.29 is 9.21 Å². The summed E-state index contributed by atoms with van der Waals surface area (Å²) in [4.78, 5) is 12.6. The van der Waals surface area contributed by atoms with Crippen LogP contribution in [0.5, 0.6) is 0 Å². The van der Waals surface area contributed by atoms with Gasteiger partial charge in [0.15, 0.2) is 0 Å². The Bertz CT molecular complexity index is 1050. The smallest absolute Gasteiger partial charge is 0.322 e. The maximum Gasteiger partial charge on any atom is 0.322 e. The normalized spacial score (nSPS) is 10.8. The van der Waals surface area contributed by atoms with Crippen LogP contribution >= 0.6 is 11.6 Å². The number of anilines is 1. The van der Waals surface area contributed by atoms with Crippen LogP contribution in [0, 0.1) is 0 Å². The second kappa shape index (κ2) is 6.37. The van der Waals surface area contributed by atoms with Crippen molar-refractivity contribution in [2.75, 3.05) is 5.32 Å². The van der Waals surface area contributed by atoms with Crippen molar-refractivity contribution in [1.29, 1.82) is 0 Å². The second-order valence-corrected chi connectivity index (χ2v) is 5.84. The molecule has 0 unspecified atom stereocenters. The predicted octanol–water partition coefficient (Wildman–Crippen LogP) is 4.80. The van der Waals surface area contributed by atoms with Gasteiger partial charge in [0.2, 0.25) is 5.89 Å². The quantitative estimate of drug-likeness (QED) is 0.577. The summed E-state index contributed by atoms with van der Waals surface area (Å²) in [5.41, 5.74) is 1.27. The van der Waals surface area contributed by atoms with Gasteiger partial charge in [0.25, 0.3) is 5.91 Å².